The van der Waals surface area contributed by atoms with Crippen molar-refractivity contribution in [2.75, 3.05) is 0 Å². The molecule has 0 spiro atoms. The van der Waals surface area contributed by atoms with E-state index in [1.54, 1.807) is 0 Å². The van der Waals surface area contributed by atoms with E-state index in [2.05, 4.69) is 157 Å². The van der Waals surface area contributed by atoms with E-state index in [1.165, 1.54) is 55.5 Å². The van der Waals surface area contributed by atoms with Crippen LogP contribution in [0.1, 0.15) is 35.1 Å². The summed E-state index contributed by atoms with van der Waals surface area (Å²) >= 11 is 0. The molecular formula is C38H38N2Si+2. The molecule has 2 aromatic heterocycles. The van der Waals surface area contributed by atoms with Gasteiger partial charge in [-0.3, -0.25) is 0 Å². The van der Waals surface area contributed by atoms with E-state index in [-0.39, 0.29) is 6.04 Å². The number of allylic oxidation sites excluding steroid dienone is 1. The molecule has 2 nitrogen and oxygen atoms in total. The van der Waals surface area contributed by atoms with E-state index < -0.39 is 8.07 Å². The van der Waals surface area contributed by atoms with Crippen molar-refractivity contribution in [1.82, 2.24) is 0 Å². The van der Waals surface area contributed by atoms with Gasteiger partial charge in [0.15, 0.2) is 24.6 Å². The number of aryl methyl sites for hydroxylation is 2. The van der Waals surface area contributed by atoms with Crippen LogP contribution < -0.4 is 14.3 Å². The molecule has 0 saturated heterocycles. The van der Waals surface area contributed by atoms with Crippen LogP contribution >= 0.6 is 0 Å². The number of benzene rings is 3. The van der Waals surface area contributed by atoms with Crippen LogP contribution in [0, 0.1) is 6.92 Å². The monoisotopic (exact) mass is 550 g/mol. The zero-order chi connectivity index (χ0) is 28.1. The molecule has 5 aromatic rings. The first-order valence-electron chi connectivity index (χ1n) is 14.9. The summed E-state index contributed by atoms with van der Waals surface area (Å²) in [5.74, 6) is 0.395. The molecule has 0 amide bonds. The topological polar surface area (TPSA) is 7.76 Å². The summed E-state index contributed by atoms with van der Waals surface area (Å²) in [7, 11) is -1.66. The van der Waals surface area contributed by atoms with Crippen molar-refractivity contribution in [3.8, 4) is 33.6 Å². The molecule has 0 aliphatic carbocycles. The third kappa shape index (κ3) is 4.49. The maximum atomic E-state index is 2.53. The van der Waals surface area contributed by atoms with Crippen LogP contribution in [0.5, 0.6) is 0 Å². The van der Waals surface area contributed by atoms with E-state index in [0.29, 0.717) is 5.92 Å². The van der Waals surface area contributed by atoms with Crippen LogP contribution in [0.3, 0.4) is 0 Å². The normalized spacial score (nSPS) is 18.2. The molecule has 0 fully saturated rings. The summed E-state index contributed by atoms with van der Waals surface area (Å²) in [5, 5.41) is 1.51. The first kappa shape index (κ1) is 25.9. The van der Waals surface area contributed by atoms with Crippen molar-refractivity contribution < 1.29 is 9.13 Å². The van der Waals surface area contributed by atoms with Crippen LogP contribution in [-0.4, -0.2) is 8.07 Å². The number of hydrogen-bond acceptors (Lipinski definition) is 0. The van der Waals surface area contributed by atoms with E-state index in [4.69, 9.17) is 0 Å². The summed E-state index contributed by atoms with van der Waals surface area (Å²) < 4.78 is 4.94. The Hall–Kier alpha value is -4.08. The molecule has 0 radical (unpaired) electrons. The lowest BCUT2D eigenvalue weighted by Crippen LogP contribution is -2.48. The van der Waals surface area contributed by atoms with E-state index in [1.807, 2.05) is 0 Å². The molecule has 0 bridgehead atoms. The van der Waals surface area contributed by atoms with Gasteiger partial charge in [-0.15, -0.1) is 0 Å². The van der Waals surface area contributed by atoms with Crippen molar-refractivity contribution in [3.63, 3.8) is 0 Å². The van der Waals surface area contributed by atoms with Gasteiger partial charge in [-0.05, 0) is 59.8 Å². The average molecular weight is 551 g/mol. The smallest absolute Gasteiger partial charge is 0.191 e. The van der Waals surface area contributed by atoms with E-state index in [0.717, 1.165) is 12.8 Å². The van der Waals surface area contributed by atoms with Gasteiger partial charge in [-0.2, -0.15) is 9.13 Å². The Balaban J connectivity index is 1.50. The predicted octanol–water partition coefficient (Wildman–Crippen LogP) is 7.87. The molecule has 2 aliphatic rings. The first-order valence-corrected chi connectivity index (χ1v) is 18.4. The maximum absolute atomic E-state index is 2.53. The quantitative estimate of drug-likeness (QED) is 0.156. The van der Waals surface area contributed by atoms with Gasteiger partial charge in [0.2, 0.25) is 11.4 Å². The fraction of sp³-hybridized carbons (Fsp3) is 0.211. The number of aromatic nitrogens is 2. The summed E-state index contributed by atoms with van der Waals surface area (Å²) in [6.45, 7) is 9.65. The summed E-state index contributed by atoms with van der Waals surface area (Å²) in [6.07, 6.45) is 11.7. The van der Waals surface area contributed by atoms with Crippen molar-refractivity contribution in [2.45, 2.75) is 51.4 Å². The highest BCUT2D eigenvalue weighted by atomic mass is 28.3. The van der Waals surface area contributed by atoms with Gasteiger partial charge in [-0.1, -0.05) is 86.4 Å². The molecule has 2 atom stereocenters. The summed E-state index contributed by atoms with van der Waals surface area (Å²) in [4.78, 5) is 0. The molecule has 0 N–H and O–H groups in total. The molecule has 3 heteroatoms. The minimum Gasteiger partial charge on any atom is -0.191 e. The standard InChI is InChI=1S/C38H38N2Si/c1-27-13-12-23-40-35-22-24-39-26-34(28-14-6-5-7-15-28)37(41(2,3)4)25-36(39)30-17-9-8-16-29(30)20-21-32(35)31-18-10-11-19-33(31)38(27)40/h5-19,22-26,32,35H,20-21H2,1-4H3/q+2/b24-22+. The number of pyridine rings is 2. The van der Waals surface area contributed by atoms with Gasteiger partial charge < -0.3 is 0 Å². The van der Waals surface area contributed by atoms with E-state index in [9.17, 15) is 0 Å². The highest BCUT2D eigenvalue weighted by Gasteiger charge is 2.40. The third-order valence-electron chi connectivity index (χ3n) is 9.05. The van der Waals surface area contributed by atoms with Crippen LogP contribution in [-0.2, 0) is 6.42 Å². The SMILES string of the molecule is Cc1ccc[n+]2c1-c1ccccc1C1CCc3ccccc3-c3cc([Si](C)(C)C)c(-c4ccccc4)c[n+]3/C=C/C12. The zero-order valence-electron chi connectivity index (χ0n) is 24.5. The lowest BCUT2D eigenvalue weighted by atomic mass is 9.78. The van der Waals surface area contributed by atoms with Gasteiger partial charge in [-0.25, -0.2) is 0 Å². The second-order valence-corrected chi connectivity index (χ2v) is 17.7. The van der Waals surface area contributed by atoms with Crippen LogP contribution in [0.25, 0.3) is 39.8 Å². The molecule has 2 aliphatic heterocycles. The molecular weight excluding hydrogens is 513 g/mol. The van der Waals surface area contributed by atoms with Crippen LogP contribution in [0.4, 0.5) is 0 Å². The maximum Gasteiger partial charge on any atom is 0.218 e. The van der Waals surface area contributed by atoms with Crippen molar-refractivity contribution in [1.29, 1.82) is 0 Å². The van der Waals surface area contributed by atoms with Gasteiger partial charge in [0, 0.05) is 34.9 Å². The number of hydrogen-bond donors (Lipinski definition) is 0. The predicted molar refractivity (Wildman–Crippen MR) is 173 cm³/mol. The first-order chi connectivity index (χ1) is 19.9. The Morgan fingerprint density at radius 2 is 1.49 bits per heavy atom. The largest absolute Gasteiger partial charge is 0.218 e. The molecule has 41 heavy (non-hydrogen) atoms. The zero-order valence-corrected chi connectivity index (χ0v) is 25.5. The van der Waals surface area contributed by atoms with Gasteiger partial charge in [0.25, 0.3) is 0 Å². The Labute approximate surface area is 245 Å². The lowest BCUT2D eigenvalue weighted by Gasteiger charge is -2.30. The summed E-state index contributed by atoms with van der Waals surface area (Å²) in [5.41, 5.74) is 12.2. The summed E-state index contributed by atoms with van der Waals surface area (Å²) in [6, 6.07) is 36.3. The van der Waals surface area contributed by atoms with Gasteiger partial charge in [0.1, 0.15) is 0 Å². The number of rotatable bonds is 2. The molecule has 202 valence electrons. The highest BCUT2D eigenvalue weighted by Crippen LogP contribution is 2.43. The van der Waals surface area contributed by atoms with Gasteiger partial charge in [0.05, 0.1) is 19.6 Å². The molecule has 2 unspecified atom stereocenters. The van der Waals surface area contributed by atoms with Crippen LogP contribution in [0.15, 0.2) is 116 Å². The highest BCUT2D eigenvalue weighted by molar-refractivity contribution is 6.89. The van der Waals surface area contributed by atoms with E-state index >= 15 is 0 Å². The lowest BCUT2D eigenvalue weighted by molar-refractivity contribution is -0.708. The number of fused-ring (bicyclic) bond motifs is 9. The van der Waals surface area contributed by atoms with Gasteiger partial charge >= 0.3 is 0 Å². The Morgan fingerprint density at radius 1 is 0.756 bits per heavy atom. The minimum absolute atomic E-state index is 0.238. The van der Waals surface area contributed by atoms with Crippen molar-refractivity contribution in [2.24, 2.45) is 0 Å². The minimum atomic E-state index is -1.66. The average Bonchev–Trinajstić information content (AvgIpc) is 2.99. The Bertz CT molecular complexity index is 1800. The fourth-order valence-electron chi connectivity index (χ4n) is 7.06. The fourth-order valence-corrected chi connectivity index (χ4v) is 8.65. The second-order valence-electron chi connectivity index (χ2n) is 12.7. The van der Waals surface area contributed by atoms with Crippen molar-refractivity contribution >= 4 is 19.5 Å². The molecule has 0 saturated carbocycles. The van der Waals surface area contributed by atoms with Crippen molar-refractivity contribution in [3.05, 3.63) is 132 Å². The second kappa shape index (κ2) is 10.1. The molecule has 7 rings (SSSR count). The van der Waals surface area contributed by atoms with Crippen LogP contribution in [0.2, 0.25) is 19.6 Å². The third-order valence-corrected chi connectivity index (χ3v) is 11.1. The molecule has 3 aromatic carbocycles. The molecule has 4 heterocycles. The Kier molecular flexibility index (Phi) is 6.36. The number of nitrogens with zero attached hydrogens (tertiary/aromatic N) is 2. The Morgan fingerprint density at radius 3 is 2.29 bits per heavy atom.